The highest BCUT2D eigenvalue weighted by Crippen LogP contribution is 2.30. The standard InChI is InChI=1S/C19H29N3O3.CH2O2/c1-5-24-19-10-16(6-7-18(19)25-14(2)3)12-22(8-9-23)13-17-11-20-15(4)21-17;2-1-3/h6-7,10-11,14,23H,5,8-9,12-13H2,1-4H3,(H,20,21);1H,(H,2,3). The molecule has 1 heterocycles. The Morgan fingerprint density at radius 1 is 1.29 bits per heavy atom. The van der Waals surface area contributed by atoms with E-state index in [0.29, 0.717) is 26.2 Å². The van der Waals surface area contributed by atoms with Crippen molar-refractivity contribution in [2.45, 2.75) is 46.9 Å². The van der Waals surface area contributed by atoms with E-state index in [1.807, 2.05) is 52.1 Å². The highest BCUT2D eigenvalue weighted by atomic mass is 16.5. The minimum absolute atomic E-state index is 0.0968. The van der Waals surface area contributed by atoms with E-state index in [2.05, 4.69) is 14.9 Å². The molecule has 0 aliphatic carbocycles. The summed E-state index contributed by atoms with van der Waals surface area (Å²) in [7, 11) is 0. The molecule has 2 aromatic rings. The van der Waals surface area contributed by atoms with Gasteiger partial charge >= 0.3 is 0 Å². The summed E-state index contributed by atoms with van der Waals surface area (Å²) in [4.78, 5) is 18.0. The van der Waals surface area contributed by atoms with Crippen LogP contribution in [0.1, 0.15) is 37.9 Å². The molecule has 0 bridgehead atoms. The van der Waals surface area contributed by atoms with E-state index in [-0.39, 0.29) is 19.2 Å². The number of carboxylic acid groups (broad SMARTS) is 1. The monoisotopic (exact) mass is 393 g/mol. The number of nitrogens with zero attached hydrogens (tertiary/aromatic N) is 2. The summed E-state index contributed by atoms with van der Waals surface area (Å²) in [5, 5.41) is 16.3. The zero-order chi connectivity index (χ0) is 20.9. The number of aromatic nitrogens is 2. The molecule has 8 nitrogen and oxygen atoms in total. The van der Waals surface area contributed by atoms with Gasteiger partial charge in [-0.15, -0.1) is 0 Å². The van der Waals surface area contributed by atoms with Gasteiger partial charge in [0.1, 0.15) is 5.82 Å². The second-order valence-corrected chi connectivity index (χ2v) is 6.41. The first-order chi connectivity index (χ1) is 13.4. The number of ether oxygens (including phenoxy) is 2. The number of hydrogen-bond donors (Lipinski definition) is 3. The fourth-order valence-electron chi connectivity index (χ4n) is 2.68. The molecule has 0 atom stereocenters. The molecule has 8 heteroatoms. The summed E-state index contributed by atoms with van der Waals surface area (Å²) in [6, 6.07) is 6.02. The van der Waals surface area contributed by atoms with Crippen molar-refractivity contribution in [2.75, 3.05) is 19.8 Å². The van der Waals surface area contributed by atoms with Gasteiger partial charge in [0, 0.05) is 31.5 Å². The molecule has 1 aromatic heterocycles. The van der Waals surface area contributed by atoms with Crippen LogP contribution in [0.15, 0.2) is 24.4 Å². The molecule has 2 rings (SSSR count). The Morgan fingerprint density at radius 3 is 2.54 bits per heavy atom. The fraction of sp³-hybridized carbons (Fsp3) is 0.500. The summed E-state index contributed by atoms with van der Waals surface area (Å²) in [6.45, 7) is 10.3. The van der Waals surface area contributed by atoms with Gasteiger partial charge in [-0.3, -0.25) is 9.69 Å². The molecule has 1 aromatic carbocycles. The predicted molar refractivity (Wildman–Crippen MR) is 107 cm³/mol. The minimum Gasteiger partial charge on any atom is -0.490 e. The van der Waals surface area contributed by atoms with Crippen LogP contribution >= 0.6 is 0 Å². The molecule has 0 unspecified atom stereocenters. The molecule has 0 aliphatic rings. The molecule has 0 saturated heterocycles. The third-order valence-corrected chi connectivity index (χ3v) is 3.64. The van der Waals surface area contributed by atoms with Crippen LogP contribution in [0.3, 0.4) is 0 Å². The zero-order valence-electron chi connectivity index (χ0n) is 17.0. The number of nitrogens with one attached hydrogen (secondary N) is 1. The van der Waals surface area contributed by atoms with E-state index in [4.69, 9.17) is 19.4 Å². The van der Waals surface area contributed by atoms with Gasteiger partial charge in [0.05, 0.1) is 19.3 Å². The Bertz CT molecular complexity index is 703. The highest BCUT2D eigenvalue weighted by Gasteiger charge is 2.12. The first-order valence-corrected chi connectivity index (χ1v) is 9.27. The van der Waals surface area contributed by atoms with Crippen LogP contribution in [0, 0.1) is 6.92 Å². The summed E-state index contributed by atoms with van der Waals surface area (Å²) >= 11 is 0. The van der Waals surface area contributed by atoms with Crippen molar-refractivity contribution >= 4 is 6.47 Å². The van der Waals surface area contributed by atoms with E-state index >= 15 is 0 Å². The normalized spacial score (nSPS) is 10.5. The van der Waals surface area contributed by atoms with Gasteiger partial charge in [0.15, 0.2) is 11.5 Å². The predicted octanol–water partition coefficient (Wildman–Crippen LogP) is 2.60. The lowest BCUT2D eigenvalue weighted by Gasteiger charge is -2.22. The van der Waals surface area contributed by atoms with Crippen LogP contribution in [-0.2, 0) is 17.9 Å². The molecule has 3 N–H and O–H groups in total. The number of aromatic amines is 1. The maximum atomic E-state index is 9.37. The molecule has 0 aliphatic heterocycles. The molecule has 28 heavy (non-hydrogen) atoms. The van der Waals surface area contributed by atoms with Crippen LogP contribution in [0.2, 0.25) is 0 Å². The van der Waals surface area contributed by atoms with Crippen LogP contribution in [0.4, 0.5) is 0 Å². The average molecular weight is 393 g/mol. The second-order valence-electron chi connectivity index (χ2n) is 6.41. The second kappa shape index (κ2) is 12.7. The third-order valence-electron chi connectivity index (χ3n) is 3.64. The molecule has 0 radical (unpaired) electrons. The van der Waals surface area contributed by atoms with Crippen molar-refractivity contribution in [3.63, 3.8) is 0 Å². The van der Waals surface area contributed by atoms with Gasteiger partial charge in [-0.2, -0.15) is 0 Å². The molecular weight excluding hydrogens is 362 g/mol. The Hall–Kier alpha value is -2.58. The van der Waals surface area contributed by atoms with Crippen molar-refractivity contribution in [1.82, 2.24) is 14.9 Å². The van der Waals surface area contributed by atoms with Crippen molar-refractivity contribution in [2.24, 2.45) is 0 Å². The van der Waals surface area contributed by atoms with Gasteiger partial charge in [-0.05, 0) is 45.4 Å². The Morgan fingerprint density at radius 2 is 2.00 bits per heavy atom. The minimum atomic E-state index is -0.250. The van der Waals surface area contributed by atoms with Gasteiger partial charge in [0.25, 0.3) is 6.47 Å². The number of carbonyl (C=O) groups is 1. The molecule has 0 amide bonds. The van der Waals surface area contributed by atoms with Gasteiger partial charge < -0.3 is 24.7 Å². The summed E-state index contributed by atoms with van der Waals surface area (Å²) in [6.07, 6.45) is 1.94. The Balaban J connectivity index is 0.00000122. The SMILES string of the molecule is CCOc1cc(CN(CCO)Cc2cnc(C)[nH]2)ccc1OC(C)C.O=CO. The zero-order valence-corrected chi connectivity index (χ0v) is 17.0. The van der Waals surface area contributed by atoms with E-state index in [0.717, 1.165) is 28.6 Å². The number of aliphatic hydroxyl groups is 1. The van der Waals surface area contributed by atoms with E-state index < -0.39 is 0 Å². The van der Waals surface area contributed by atoms with Crippen molar-refractivity contribution < 1.29 is 24.5 Å². The third kappa shape index (κ3) is 8.41. The Labute approximate surface area is 166 Å². The number of H-pyrrole nitrogens is 1. The molecule has 156 valence electrons. The van der Waals surface area contributed by atoms with Crippen LogP contribution in [0.25, 0.3) is 0 Å². The van der Waals surface area contributed by atoms with Crippen LogP contribution < -0.4 is 9.47 Å². The largest absolute Gasteiger partial charge is 0.490 e. The summed E-state index contributed by atoms with van der Waals surface area (Å²) < 4.78 is 11.5. The maximum absolute atomic E-state index is 9.37. The number of rotatable bonds is 10. The van der Waals surface area contributed by atoms with Gasteiger partial charge in [-0.1, -0.05) is 6.07 Å². The van der Waals surface area contributed by atoms with Gasteiger partial charge in [-0.25, -0.2) is 4.98 Å². The fourth-order valence-corrected chi connectivity index (χ4v) is 2.68. The van der Waals surface area contributed by atoms with E-state index in [9.17, 15) is 5.11 Å². The van der Waals surface area contributed by atoms with E-state index in [1.165, 1.54) is 0 Å². The van der Waals surface area contributed by atoms with Crippen molar-refractivity contribution in [1.29, 1.82) is 0 Å². The number of imidazole rings is 1. The lowest BCUT2D eigenvalue weighted by atomic mass is 10.1. The quantitative estimate of drug-likeness (QED) is 0.533. The van der Waals surface area contributed by atoms with Crippen LogP contribution in [0.5, 0.6) is 11.5 Å². The average Bonchev–Trinajstić information content (AvgIpc) is 3.03. The lowest BCUT2D eigenvalue weighted by molar-refractivity contribution is -0.122. The Kier molecular flexibility index (Phi) is 10.7. The number of aryl methyl sites for hydroxylation is 1. The molecule has 0 saturated carbocycles. The number of hydrogen-bond acceptors (Lipinski definition) is 6. The summed E-state index contributed by atoms with van der Waals surface area (Å²) in [5.74, 6) is 2.42. The van der Waals surface area contributed by atoms with Crippen molar-refractivity contribution in [3.05, 3.63) is 41.5 Å². The lowest BCUT2D eigenvalue weighted by Crippen LogP contribution is -2.26. The number of benzene rings is 1. The van der Waals surface area contributed by atoms with Crippen molar-refractivity contribution in [3.8, 4) is 11.5 Å². The molecular formula is C20H31N3O5. The smallest absolute Gasteiger partial charge is 0.290 e. The van der Waals surface area contributed by atoms with Crippen LogP contribution in [-0.4, -0.2) is 57.4 Å². The van der Waals surface area contributed by atoms with E-state index in [1.54, 1.807) is 0 Å². The molecule has 0 fully saturated rings. The first kappa shape index (κ1) is 23.5. The maximum Gasteiger partial charge on any atom is 0.290 e. The first-order valence-electron chi connectivity index (χ1n) is 9.27. The molecule has 0 spiro atoms. The summed E-state index contributed by atoms with van der Waals surface area (Å²) in [5.41, 5.74) is 2.15. The number of aliphatic hydroxyl groups excluding tert-OH is 1. The van der Waals surface area contributed by atoms with Gasteiger partial charge in [0.2, 0.25) is 0 Å². The topological polar surface area (TPSA) is 108 Å². The highest BCUT2D eigenvalue weighted by molar-refractivity contribution is 5.43.